The van der Waals surface area contributed by atoms with Gasteiger partial charge in [-0.15, -0.1) is 0 Å². The summed E-state index contributed by atoms with van der Waals surface area (Å²) in [4.78, 5) is 16.8. The van der Waals surface area contributed by atoms with E-state index in [1.54, 1.807) is 6.20 Å². The third kappa shape index (κ3) is 4.35. The number of anilines is 1. The molecule has 1 fully saturated rings. The Balaban J connectivity index is 1.89. The van der Waals surface area contributed by atoms with Crippen LogP contribution in [0.15, 0.2) is 28.9 Å². The molecule has 0 saturated heterocycles. The SMILES string of the molecule is CCOC(=O)c1cnc2ccc(Br)cc2c1NCC1CCCC(CN)C1. The van der Waals surface area contributed by atoms with E-state index in [1.165, 1.54) is 19.3 Å². The lowest BCUT2D eigenvalue weighted by Gasteiger charge is -2.29. The molecule has 26 heavy (non-hydrogen) atoms. The molecule has 1 aromatic heterocycles. The van der Waals surface area contributed by atoms with Gasteiger partial charge in [0.2, 0.25) is 0 Å². The maximum atomic E-state index is 12.4. The van der Waals surface area contributed by atoms with Crippen molar-refractivity contribution in [2.24, 2.45) is 17.6 Å². The Kier molecular flexibility index (Phi) is 6.48. The van der Waals surface area contributed by atoms with Crippen LogP contribution in [0.4, 0.5) is 5.69 Å². The zero-order valence-corrected chi connectivity index (χ0v) is 16.7. The van der Waals surface area contributed by atoms with Crippen LogP contribution in [-0.4, -0.2) is 30.6 Å². The van der Waals surface area contributed by atoms with Crippen LogP contribution in [0.3, 0.4) is 0 Å². The molecule has 3 N–H and O–H groups in total. The van der Waals surface area contributed by atoms with E-state index < -0.39 is 0 Å². The number of nitrogens with two attached hydrogens (primary N) is 1. The highest BCUT2D eigenvalue weighted by Gasteiger charge is 2.22. The van der Waals surface area contributed by atoms with Gasteiger partial charge in [-0.05, 0) is 62.8 Å². The van der Waals surface area contributed by atoms with Crippen LogP contribution >= 0.6 is 15.9 Å². The lowest BCUT2D eigenvalue weighted by atomic mass is 9.81. The van der Waals surface area contributed by atoms with E-state index in [-0.39, 0.29) is 5.97 Å². The predicted molar refractivity (Wildman–Crippen MR) is 108 cm³/mol. The van der Waals surface area contributed by atoms with Crippen molar-refractivity contribution in [1.29, 1.82) is 0 Å². The number of benzene rings is 1. The number of halogens is 1. The van der Waals surface area contributed by atoms with Gasteiger partial charge in [-0.1, -0.05) is 22.4 Å². The van der Waals surface area contributed by atoms with Gasteiger partial charge in [0.05, 0.1) is 17.8 Å². The van der Waals surface area contributed by atoms with Gasteiger partial charge in [0, 0.05) is 22.6 Å². The predicted octanol–water partition coefficient (Wildman–Crippen LogP) is 4.35. The summed E-state index contributed by atoms with van der Waals surface area (Å²) in [6.45, 7) is 3.74. The molecule has 1 aromatic carbocycles. The van der Waals surface area contributed by atoms with Gasteiger partial charge in [-0.25, -0.2) is 4.79 Å². The number of ether oxygens (including phenoxy) is 1. The molecule has 140 valence electrons. The fourth-order valence-corrected chi connectivity index (χ4v) is 4.13. The van der Waals surface area contributed by atoms with E-state index in [0.717, 1.165) is 40.6 Å². The standard InChI is InChI=1S/C20H26BrN3O2/c1-2-26-20(25)17-12-23-18-7-6-15(21)9-16(18)19(17)24-11-14-5-3-4-13(8-14)10-22/h6-7,9,12-14H,2-5,8,10-11,22H2,1H3,(H,23,24). The minimum atomic E-state index is -0.340. The van der Waals surface area contributed by atoms with Crippen LogP contribution in [0.25, 0.3) is 10.9 Å². The average Bonchev–Trinajstić information content (AvgIpc) is 2.66. The molecule has 5 nitrogen and oxygen atoms in total. The molecule has 1 heterocycles. The van der Waals surface area contributed by atoms with E-state index >= 15 is 0 Å². The average molecular weight is 420 g/mol. The van der Waals surface area contributed by atoms with Crippen molar-refractivity contribution in [2.75, 3.05) is 25.0 Å². The zero-order chi connectivity index (χ0) is 18.5. The summed E-state index contributed by atoms with van der Waals surface area (Å²) in [7, 11) is 0. The Hall–Kier alpha value is -1.66. The van der Waals surface area contributed by atoms with Crippen LogP contribution in [-0.2, 0) is 4.74 Å². The summed E-state index contributed by atoms with van der Waals surface area (Å²) >= 11 is 3.52. The van der Waals surface area contributed by atoms with Crippen LogP contribution in [0.2, 0.25) is 0 Å². The second-order valence-electron chi connectivity index (χ2n) is 6.94. The Labute approximate surface area is 162 Å². The number of aromatic nitrogens is 1. The number of hydrogen-bond acceptors (Lipinski definition) is 5. The maximum Gasteiger partial charge on any atom is 0.341 e. The minimum Gasteiger partial charge on any atom is -0.462 e. The Morgan fingerprint density at radius 3 is 2.96 bits per heavy atom. The third-order valence-corrected chi connectivity index (χ3v) is 5.61. The van der Waals surface area contributed by atoms with Gasteiger partial charge in [0.1, 0.15) is 5.56 Å². The molecule has 1 aliphatic rings. The van der Waals surface area contributed by atoms with Crippen LogP contribution in [0.1, 0.15) is 43.0 Å². The van der Waals surface area contributed by atoms with E-state index in [4.69, 9.17) is 10.5 Å². The highest BCUT2D eigenvalue weighted by Crippen LogP contribution is 2.32. The molecule has 2 atom stereocenters. The highest BCUT2D eigenvalue weighted by atomic mass is 79.9. The van der Waals surface area contributed by atoms with Crippen LogP contribution < -0.4 is 11.1 Å². The fourth-order valence-electron chi connectivity index (χ4n) is 3.77. The normalized spacial score (nSPS) is 20.1. The molecule has 0 aliphatic heterocycles. The summed E-state index contributed by atoms with van der Waals surface area (Å²) in [5, 5.41) is 4.46. The summed E-state index contributed by atoms with van der Waals surface area (Å²) < 4.78 is 6.18. The molecule has 0 amide bonds. The van der Waals surface area contributed by atoms with E-state index in [0.29, 0.717) is 24.0 Å². The lowest BCUT2D eigenvalue weighted by molar-refractivity contribution is 0.0527. The van der Waals surface area contributed by atoms with E-state index in [1.807, 2.05) is 25.1 Å². The van der Waals surface area contributed by atoms with E-state index in [9.17, 15) is 4.79 Å². The number of fused-ring (bicyclic) bond motifs is 1. The molecule has 0 radical (unpaired) electrons. The number of carbonyl (C=O) groups excluding carboxylic acids is 1. The van der Waals surface area contributed by atoms with Crippen molar-refractivity contribution in [3.05, 3.63) is 34.4 Å². The first kappa shape index (κ1) is 19.1. The molecule has 2 unspecified atom stereocenters. The first-order valence-corrected chi connectivity index (χ1v) is 10.1. The van der Waals surface area contributed by atoms with Crippen molar-refractivity contribution in [3.63, 3.8) is 0 Å². The maximum absolute atomic E-state index is 12.4. The summed E-state index contributed by atoms with van der Waals surface area (Å²) in [5.41, 5.74) is 8.02. The fraction of sp³-hybridized carbons (Fsp3) is 0.500. The van der Waals surface area contributed by atoms with Crippen LogP contribution in [0, 0.1) is 11.8 Å². The van der Waals surface area contributed by atoms with Crippen molar-refractivity contribution in [2.45, 2.75) is 32.6 Å². The smallest absolute Gasteiger partial charge is 0.341 e. The van der Waals surface area contributed by atoms with E-state index in [2.05, 4.69) is 26.2 Å². The van der Waals surface area contributed by atoms with Crippen LogP contribution in [0.5, 0.6) is 0 Å². The van der Waals surface area contributed by atoms with Gasteiger partial charge in [0.15, 0.2) is 0 Å². The van der Waals surface area contributed by atoms with Gasteiger partial charge >= 0.3 is 5.97 Å². The van der Waals surface area contributed by atoms with Gasteiger partial charge in [-0.3, -0.25) is 4.98 Å². The summed E-state index contributed by atoms with van der Waals surface area (Å²) in [6.07, 6.45) is 6.41. The number of nitrogens with one attached hydrogen (secondary N) is 1. The molecule has 0 bridgehead atoms. The molecule has 2 aromatic rings. The number of rotatable bonds is 6. The first-order valence-electron chi connectivity index (χ1n) is 9.31. The van der Waals surface area contributed by atoms with Crippen molar-refractivity contribution in [1.82, 2.24) is 4.98 Å². The molecule has 3 rings (SSSR count). The largest absolute Gasteiger partial charge is 0.462 e. The highest BCUT2D eigenvalue weighted by molar-refractivity contribution is 9.10. The van der Waals surface area contributed by atoms with Gasteiger partial charge in [0.25, 0.3) is 0 Å². The molecule has 6 heteroatoms. The number of esters is 1. The second kappa shape index (κ2) is 8.82. The Bertz CT molecular complexity index is 781. The second-order valence-corrected chi connectivity index (χ2v) is 7.86. The third-order valence-electron chi connectivity index (χ3n) is 5.12. The quantitative estimate of drug-likeness (QED) is 0.680. The van der Waals surface area contributed by atoms with Crippen molar-refractivity contribution >= 4 is 38.5 Å². The molecular formula is C20H26BrN3O2. The zero-order valence-electron chi connectivity index (χ0n) is 15.1. The Morgan fingerprint density at radius 1 is 1.38 bits per heavy atom. The monoisotopic (exact) mass is 419 g/mol. The Morgan fingerprint density at radius 2 is 2.19 bits per heavy atom. The van der Waals surface area contributed by atoms with Crippen molar-refractivity contribution < 1.29 is 9.53 Å². The molecule has 0 spiro atoms. The summed E-state index contributed by atoms with van der Waals surface area (Å²) in [5.74, 6) is 0.846. The first-order chi connectivity index (χ1) is 12.6. The van der Waals surface area contributed by atoms with Crippen molar-refractivity contribution in [3.8, 4) is 0 Å². The van der Waals surface area contributed by atoms with Gasteiger partial charge in [-0.2, -0.15) is 0 Å². The number of nitrogens with zero attached hydrogens (tertiary/aromatic N) is 1. The lowest BCUT2D eigenvalue weighted by Crippen LogP contribution is -2.27. The minimum absolute atomic E-state index is 0.340. The molecule has 1 saturated carbocycles. The molecular weight excluding hydrogens is 394 g/mol. The number of hydrogen-bond donors (Lipinski definition) is 2. The molecule has 1 aliphatic carbocycles. The number of pyridine rings is 1. The topological polar surface area (TPSA) is 77.2 Å². The van der Waals surface area contributed by atoms with Gasteiger partial charge < -0.3 is 15.8 Å². The summed E-state index contributed by atoms with van der Waals surface area (Å²) in [6, 6.07) is 5.90. The number of carbonyl (C=O) groups is 1.